The predicted molar refractivity (Wildman–Crippen MR) is 117 cm³/mol. The van der Waals surface area contributed by atoms with E-state index in [-0.39, 0.29) is 17.4 Å². The molecule has 0 spiro atoms. The highest BCUT2D eigenvalue weighted by atomic mass is 32.2. The lowest BCUT2D eigenvalue weighted by atomic mass is 10.1. The van der Waals surface area contributed by atoms with Crippen LogP contribution in [0, 0.1) is 6.92 Å². The van der Waals surface area contributed by atoms with Crippen LogP contribution in [0.5, 0.6) is 0 Å². The van der Waals surface area contributed by atoms with Gasteiger partial charge in [-0.05, 0) is 41.5 Å². The van der Waals surface area contributed by atoms with Crippen molar-refractivity contribution >= 4 is 32.3 Å². The van der Waals surface area contributed by atoms with Gasteiger partial charge in [-0.15, -0.1) is 0 Å². The van der Waals surface area contributed by atoms with Gasteiger partial charge in [-0.2, -0.15) is 5.10 Å². The van der Waals surface area contributed by atoms with Crippen molar-refractivity contribution < 1.29 is 13.2 Å². The predicted octanol–water partition coefficient (Wildman–Crippen LogP) is 4.01. The molecule has 0 atom stereocenters. The van der Waals surface area contributed by atoms with Crippen molar-refractivity contribution in [2.45, 2.75) is 18.4 Å². The maximum Gasteiger partial charge on any atom is 0.256 e. The minimum atomic E-state index is -3.25. The van der Waals surface area contributed by atoms with Crippen LogP contribution in [0.3, 0.4) is 0 Å². The second-order valence-corrected chi connectivity index (χ2v) is 9.58. The maximum absolute atomic E-state index is 13.1. The van der Waals surface area contributed by atoms with Crippen molar-refractivity contribution in [3.05, 3.63) is 89.1 Å². The van der Waals surface area contributed by atoms with Crippen molar-refractivity contribution in [1.82, 2.24) is 9.78 Å². The smallest absolute Gasteiger partial charge is 0.256 e. The van der Waals surface area contributed by atoms with E-state index in [1.165, 1.54) is 0 Å². The fraction of sp³-hybridized carbons (Fsp3) is 0.130. The summed E-state index contributed by atoms with van der Waals surface area (Å²) in [5.41, 5.74) is 3.33. The molecule has 1 N–H and O–H groups in total. The number of fused-ring (bicyclic) bond motifs is 2. The van der Waals surface area contributed by atoms with Gasteiger partial charge < -0.3 is 5.32 Å². The van der Waals surface area contributed by atoms with Gasteiger partial charge in [0.2, 0.25) is 0 Å². The monoisotopic (exact) mass is 417 g/mol. The zero-order valence-electron chi connectivity index (χ0n) is 16.3. The van der Waals surface area contributed by atoms with E-state index in [1.54, 1.807) is 10.7 Å². The second-order valence-electron chi connectivity index (χ2n) is 7.52. The Bertz CT molecular complexity index is 1420. The Morgan fingerprint density at radius 3 is 2.50 bits per heavy atom. The number of carbonyl (C=O) groups is 1. The van der Waals surface area contributed by atoms with Crippen LogP contribution in [0.4, 0.5) is 5.82 Å². The molecule has 0 unspecified atom stereocenters. The summed E-state index contributed by atoms with van der Waals surface area (Å²) in [4.78, 5) is 13.1. The number of hydrogen-bond donors (Lipinski definition) is 1. The lowest BCUT2D eigenvalue weighted by Gasteiger charge is -2.13. The Labute approximate surface area is 174 Å². The molecule has 7 heteroatoms. The van der Waals surface area contributed by atoms with Crippen molar-refractivity contribution in [3.63, 3.8) is 0 Å². The molecule has 0 saturated carbocycles. The SMILES string of the molecule is Cc1ccccc1-n1nc2c(c1NC(=O)c1ccc3ccccc3c1)CS(=O)(=O)C2. The summed E-state index contributed by atoms with van der Waals surface area (Å²) in [5, 5.41) is 9.48. The molecule has 3 aromatic carbocycles. The third kappa shape index (κ3) is 3.17. The largest absolute Gasteiger partial charge is 0.306 e. The topological polar surface area (TPSA) is 81.1 Å². The van der Waals surface area contributed by atoms with Crippen molar-refractivity contribution in [2.24, 2.45) is 0 Å². The van der Waals surface area contributed by atoms with E-state index in [0.717, 1.165) is 22.0 Å². The number of carbonyl (C=O) groups excluding carboxylic acids is 1. The highest BCUT2D eigenvalue weighted by Gasteiger charge is 2.33. The van der Waals surface area contributed by atoms with E-state index in [2.05, 4.69) is 10.4 Å². The molecule has 6 nitrogen and oxygen atoms in total. The summed E-state index contributed by atoms with van der Waals surface area (Å²) >= 11 is 0. The summed E-state index contributed by atoms with van der Waals surface area (Å²) in [6.07, 6.45) is 0. The van der Waals surface area contributed by atoms with Crippen LogP contribution in [0.25, 0.3) is 16.5 Å². The molecule has 0 saturated heterocycles. The van der Waals surface area contributed by atoms with Gasteiger partial charge in [0.05, 0.1) is 22.9 Å². The number of sulfone groups is 1. The molecule has 0 radical (unpaired) electrons. The van der Waals surface area contributed by atoms with E-state index in [1.807, 2.05) is 67.6 Å². The molecular formula is C23H19N3O3S. The van der Waals surface area contributed by atoms with Crippen LogP contribution in [0.1, 0.15) is 27.2 Å². The zero-order valence-corrected chi connectivity index (χ0v) is 17.1. The summed E-state index contributed by atoms with van der Waals surface area (Å²) in [6, 6.07) is 21.0. The van der Waals surface area contributed by atoms with Crippen molar-refractivity contribution in [1.29, 1.82) is 0 Å². The number of hydrogen-bond acceptors (Lipinski definition) is 4. The number of aromatic nitrogens is 2. The lowest BCUT2D eigenvalue weighted by Crippen LogP contribution is -2.17. The van der Waals surface area contributed by atoms with Gasteiger partial charge in [0.25, 0.3) is 5.91 Å². The van der Waals surface area contributed by atoms with Crippen LogP contribution in [0.15, 0.2) is 66.7 Å². The van der Waals surface area contributed by atoms with E-state index >= 15 is 0 Å². The number of nitrogens with one attached hydrogen (secondary N) is 1. The highest BCUT2D eigenvalue weighted by Crippen LogP contribution is 2.34. The molecule has 30 heavy (non-hydrogen) atoms. The molecule has 1 aliphatic heterocycles. The van der Waals surface area contributed by atoms with E-state index in [9.17, 15) is 13.2 Å². The highest BCUT2D eigenvalue weighted by molar-refractivity contribution is 7.90. The molecule has 0 aliphatic carbocycles. The Kier molecular flexibility index (Phi) is 4.22. The average molecular weight is 417 g/mol. The van der Waals surface area contributed by atoms with Crippen molar-refractivity contribution in [2.75, 3.05) is 5.32 Å². The fourth-order valence-corrected chi connectivity index (χ4v) is 5.35. The van der Waals surface area contributed by atoms with Gasteiger partial charge in [0, 0.05) is 11.1 Å². The number of nitrogens with zero attached hydrogens (tertiary/aromatic N) is 2. The van der Waals surface area contributed by atoms with E-state index in [4.69, 9.17) is 0 Å². The normalized spacial score (nSPS) is 14.6. The number of para-hydroxylation sites is 1. The minimum absolute atomic E-state index is 0.111. The fourth-order valence-electron chi connectivity index (χ4n) is 3.86. The molecule has 1 aromatic heterocycles. The first-order valence-corrected chi connectivity index (χ1v) is 11.4. The van der Waals surface area contributed by atoms with Gasteiger partial charge in [-0.25, -0.2) is 13.1 Å². The average Bonchev–Trinajstić information content (AvgIpc) is 3.20. The van der Waals surface area contributed by atoms with Crippen LogP contribution in [-0.2, 0) is 21.3 Å². The summed E-state index contributed by atoms with van der Waals surface area (Å²) in [5.74, 6) is -0.122. The Hall–Kier alpha value is -3.45. The molecule has 150 valence electrons. The van der Waals surface area contributed by atoms with Gasteiger partial charge >= 0.3 is 0 Å². The van der Waals surface area contributed by atoms with Crippen molar-refractivity contribution in [3.8, 4) is 5.69 Å². The van der Waals surface area contributed by atoms with Crippen LogP contribution in [-0.4, -0.2) is 24.1 Å². The van der Waals surface area contributed by atoms with Crippen LogP contribution >= 0.6 is 0 Å². The van der Waals surface area contributed by atoms with Crippen LogP contribution in [0.2, 0.25) is 0 Å². The molecule has 4 aromatic rings. The third-order valence-electron chi connectivity index (χ3n) is 5.37. The minimum Gasteiger partial charge on any atom is -0.306 e. The molecule has 1 aliphatic rings. The number of amides is 1. The summed E-state index contributed by atoms with van der Waals surface area (Å²) in [6.45, 7) is 1.95. The van der Waals surface area contributed by atoms with Gasteiger partial charge in [0.1, 0.15) is 5.82 Å². The number of benzene rings is 3. The van der Waals surface area contributed by atoms with Gasteiger partial charge in [-0.1, -0.05) is 48.5 Å². The Balaban J connectivity index is 1.59. The quantitative estimate of drug-likeness (QED) is 0.546. The molecule has 2 heterocycles. The van der Waals surface area contributed by atoms with Gasteiger partial charge in [-0.3, -0.25) is 4.79 Å². The summed E-state index contributed by atoms with van der Waals surface area (Å²) < 4.78 is 26.0. The molecular weight excluding hydrogens is 398 g/mol. The second kappa shape index (κ2) is 6.81. The van der Waals surface area contributed by atoms with E-state index < -0.39 is 9.84 Å². The maximum atomic E-state index is 13.1. The number of aryl methyl sites for hydroxylation is 1. The van der Waals surface area contributed by atoms with Crippen LogP contribution < -0.4 is 5.32 Å². The first-order valence-electron chi connectivity index (χ1n) is 9.59. The number of anilines is 1. The zero-order chi connectivity index (χ0) is 20.9. The molecule has 0 bridgehead atoms. The first kappa shape index (κ1) is 18.6. The third-order valence-corrected chi connectivity index (χ3v) is 6.82. The molecule has 1 amide bonds. The molecule has 0 fully saturated rings. The summed E-state index contributed by atoms with van der Waals surface area (Å²) in [7, 11) is -3.25. The standard InChI is InChI=1S/C23H19N3O3S/c1-15-6-2-5-9-21(15)26-22(19-13-30(28,29)14-20(19)25-26)24-23(27)18-11-10-16-7-3-4-8-17(16)12-18/h2-12H,13-14H2,1H3,(H,24,27). The Morgan fingerprint density at radius 2 is 1.70 bits per heavy atom. The number of rotatable bonds is 3. The lowest BCUT2D eigenvalue weighted by molar-refractivity contribution is 0.102. The van der Waals surface area contributed by atoms with Gasteiger partial charge in [0.15, 0.2) is 9.84 Å². The Morgan fingerprint density at radius 1 is 0.967 bits per heavy atom. The van der Waals surface area contributed by atoms with E-state index in [0.29, 0.717) is 22.6 Å². The molecule has 5 rings (SSSR count). The first-order chi connectivity index (χ1) is 14.4.